The van der Waals surface area contributed by atoms with E-state index < -0.39 is 23.6 Å². The molecule has 0 unspecified atom stereocenters. The van der Waals surface area contributed by atoms with Crippen LogP contribution in [0.15, 0.2) is 15.3 Å². The lowest BCUT2D eigenvalue weighted by Gasteiger charge is -2.23. The molecule has 0 saturated heterocycles. The summed E-state index contributed by atoms with van der Waals surface area (Å²) in [6.07, 6.45) is 3.08. The minimum absolute atomic E-state index is 0.00544. The van der Waals surface area contributed by atoms with Crippen LogP contribution in [0.5, 0.6) is 0 Å². The van der Waals surface area contributed by atoms with Crippen molar-refractivity contribution in [1.29, 1.82) is 0 Å². The quantitative estimate of drug-likeness (QED) is 0.0388. The fourth-order valence-electron chi connectivity index (χ4n) is 6.25. The van der Waals surface area contributed by atoms with Gasteiger partial charge in [0.2, 0.25) is 41.4 Å². The summed E-state index contributed by atoms with van der Waals surface area (Å²) in [7, 11) is 8.86. The first-order valence-corrected chi connectivity index (χ1v) is 24.1. The van der Waals surface area contributed by atoms with E-state index >= 15 is 0 Å². The van der Waals surface area contributed by atoms with Gasteiger partial charge in [-0.05, 0) is 48.7 Å². The van der Waals surface area contributed by atoms with E-state index in [1.54, 1.807) is 0 Å². The number of likely N-dealkylation sites (N-methyl/N-ethyl adjacent to an activating group) is 6. The second-order valence-corrected chi connectivity index (χ2v) is 17.0. The van der Waals surface area contributed by atoms with Crippen LogP contribution in [0.25, 0.3) is 31.3 Å². The summed E-state index contributed by atoms with van der Waals surface area (Å²) >= 11 is 0. The van der Waals surface area contributed by atoms with Gasteiger partial charge in [-0.3, -0.25) is 48.1 Å². The van der Waals surface area contributed by atoms with Gasteiger partial charge in [0.1, 0.15) is 0 Å². The van der Waals surface area contributed by atoms with Crippen LogP contribution in [-0.4, -0.2) is 254 Å². The molecule has 0 atom stereocenters. The van der Waals surface area contributed by atoms with Crippen LogP contribution in [0, 0.1) is 0 Å². The maximum Gasteiger partial charge on any atom is 0.242 e. The van der Waals surface area contributed by atoms with Crippen LogP contribution < -0.4 is 5.32 Å². The van der Waals surface area contributed by atoms with Gasteiger partial charge in [-0.25, -0.2) is 0 Å². The number of hydrogen-bond acceptors (Lipinski definition) is 16. The molecule has 0 aliphatic heterocycles. The largest absolute Gasteiger partial charge is 0.380 e. The Morgan fingerprint density at radius 3 is 1.05 bits per heavy atom. The number of carbonyl (C=O) groups excluding carboxylic acids is 9. The minimum Gasteiger partial charge on any atom is -0.380 e. The van der Waals surface area contributed by atoms with Crippen LogP contribution in [0.4, 0.5) is 0 Å². The number of amides is 7. The Labute approximate surface area is 426 Å². The summed E-state index contributed by atoms with van der Waals surface area (Å²) in [5.74, 6) is -2.96. The third-order valence-electron chi connectivity index (χ3n) is 10.8. The number of ketones is 2. The number of hydrogen-bond donors (Lipinski definition) is 1. The van der Waals surface area contributed by atoms with E-state index in [1.807, 2.05) is 4.90 Å². The molecule has 0 aromatic rings. The monoisotopic (exact) mass is 1040 g/mol. The molecule has 410 valence electrons. The Bertz CT molecular complexity index is 1680. The van der Waals surface area contributed by atoms with Gasteiger partial charge in [0.05, 0.1) is 98.2 Å². The normalized spacial score (nSPS) is 10.5. The molecule has 0 aromatic heterocycles. The van der Waals surface area contributed by atoms with Crippen molar-refractivity contribution in [3.8, 4) is 0 Å². The Morgan fingerprint density at radius 1 is 0.397 bits per heavy atom. The SMILES string of the molecule is CN(CC(=O)CCCCN=[N+]=[N-])C(=O)CN(C)C(=O)CCOCCN(CCOCCC(=O)N(C)CC(=O)N(C)CC(=O)CCCCN=[N+]=[N-])CCOCCC(=O)N(C)CC(=O)N(C)CC(=O)NCCCN=[N+]=[N-]. The molecule has 0 spiro atoms. The molecule has 0 radical (unpaired) electrons. The van der Waals surface area contributed by atoms with Crippen molar-refractivity contribution >= 4 is 52.9 Å². The van der Waals surface area contributed by atoms with Gasteiger partial charge >= 0.3 is 0 Å². The van der Waals surface area contributed by atoms with E-state index in [-0.39, 0.29) is 153 Å². The summed E-state index contributed by atoms with van der Waals surface area (Å²) in [6, 6.07) is 0. The van der Waals surface area contributed by atoms with Gasteiger partial charge < -0.3 is 48.9 Å². The zero-order valence-electron chi connectivity index (χ0n) is 43.6. The molecule has 1 N–H and O–H groups in total. The molecule has 0 rings (SSSR count). The first-order chi connectivity index (χ1) is 34.9. The van der Waals surface area contributed by atoms with E-state index in [2.05, 4.69) is 35.4 Å². The lowest BCUT2D eigenvalue weighted by Crippen LogP contribution is -2.44. The zero-order valence-corrected chi connectivity index (χ0v) is 43.6. The van der Waals surface area contributed by atoms with Crippen LogP contribution in [0.3, 0.4) is 0 Å². The summed E-state index contributed by atoms with van der Waals surface area (Å²) in [6.45, 7) is 1.96. The number of carbonyl (C=O) groups is 9. The molecule has 0 saturated carbocycles. The minimum atomic E-state index is -0.443. The molecule has 0 bridgehead atoms. The number of ether oxygens (including phenoxy) is 3. The van der Waals surface area contributed by atoms with Gasteiger partial charge in [0, 0.05) is 116 Å². The predicted molar refractivity (Wildman–Crippen MR) is 266 cm³/mol. The van der Waals surface area contributed by atoms with Crippen molar-refractivity contribution in [3.63, 3.8) is 0 Å². The third-order valence-corrected chi connectivity index (χ3v) is 10.8. The van der Waals surface area contributed by atoms with Crippen molar-refractivity contribution in [2.24, 2.45) is 15.3 Å². The second kappa shape index (κ2) is 42.0. The predicted octanol–water partition coefficient (Wildman–Crippen LogP) is 1.17. The van der Waals surface area contributed by atoms with Gasteiger partial charge in [0.25, 0.3) is 0 Å². The van der Waals surface area contributed by atoms with E-state index in [1.165, 1.54) is 71.7 Å². The Kier molecular flexibility index (Phi) is 38.2. The highest BCUT2D eigenvalue weighted by Gasteiger charge is 2.21. The molecule has 7 amide bonds. The van der Waals surface area contributed by atoms with Crippen LogP contribution in [-0.2, 0) is 57.4 Å². The van der Waals surface area contributed by atoms with Gasteiger partial charge in [-0.1, -0.05) is 15.3 Å². The second-order valence-electron chi connectivity index (χ2n) is 17.0. The zero-order chi connectivity index (χ0) is 54.8. The summed E-state index contributed by atoms with van der Waals surface area (Å²) < 4.78 is 17.3. The Hall–Kier alpha value is -6.60. The van der Waals surface area contributed by atoms with E-state index in [0.29, 0.717) is 64.8 Å². The number of azide groups is 3. The molecular weight excluding hydrogens is 959 g/mol. The average molecular weight is 1040 g/mol. The third kappa shape index (κ3) is 35.2. The Morgan fingerprint density at radius 2 is 0.712 bits per heavy atom. The molecule has 0 aromatic carbocycles. The van der Waals surface area contributed by atoms with Gasteiger partial charge in [0.15, 0.2) is 11.6 Å². The van der Waals surface area contributed by atoms with Gasteiger partial charge in [-0.15, -0.1) is 0 Å². The number of Topliss-reactive ketones (excluding diaryl/α,β-unsaturated/α-hetero) is 2. The molecular formula is C44H77N17O12. The Balaban J connectivity index is 5.07. The summed E-state index contributed by atoms with van der Waals surface area (Å²) in [4.78, 5) is 130. The fraction of sp³-hybridized carbons (Fsp3) is 0.795. The summed E-state index contributed by atoms with van der Waals surface area (Å²) in [5, 5.41) is 12.9. The standard InChI is InChI=1S/C44H77N17O12/c1-55(30-36(62)12-7-9-18-49-52-45)42(68)33-58(4)39(65)14-24-71-27-21-61(22-28-72-25-15-40(66)59(5)34-43(69)56(2)31-37(63)13-8-10-19-50-53-46)23-29-73-26-16-41(67)60(6)35-44(70)57(3)32-38(64)48-17-11-20-51-54-47/h7-35H2,1-6H3,(H,48,64). The fourth-order valence-corrected chi connectivity index (χ4v) is 6.25. The first-order valence-electron chi connectivity index (χ1n) is 24.1. The maximum atomic E-state index is 12.8. The molecule has 0 aliphatic rings. The van der Waals surface area contributed by atoms with Crippen molar-refractivity contribution < 1.29 is 57.4 Å². The molecule has 0 heterocycles. The molecule has 0 fully saturated rings. The number of nitrogens with one attached hydrogen (secondary N) is 1. The average Bonchev–Trinajstić information content (AvgIpc) is 3.34. The van der Waals surface area contributed by atoms with E-state index in [9.17, 15) is 43.2 Å². The molecule has 0 aliphatic carbocycles. The van der Waals surface area contributed by atoms with Crippen LogP contribution >= 0.6 is 0 Å². The molecule has 29 heteroatoms. The van der Waals surface area contributed by atoms with Gasteiger partial charge in [-0.2, -0.15) is 0 Å². The van der Waals surface area contributed by atoms with Crippen LogP contribution in [0.2, 0.25) is 0 Å². The number of nitrogens with zero attached hydrogens (tertiary/aromatic N) is 16. The molecule has 73 heavy (non-hydrogen) atoms. The van der Waals surface area contributed by atoms with Crippen LogP contribution in [0.1, 0.15) is 64.2 Å². The topological polar surface area (TPSA) is 362 Å². The smallest absolute Gasteiger partial charge is 0.242 e. The lowest BCUT2D eigenvalue weighted by atomic mass is 10.1. The van der Waals surface area contributed by atoms with E-state index in [4.69, 9.17) is 30.8 Å². The number of unbranched alkanes of at least 4 members (excludes halogenated alkanes) is 2. The van der Waals surface area contributed by atoms with Crippen molar-refractivity contribution in [2.45, 2.75) is 64.2 Å². The maximum absolute atomic E-state index is 12.8. The molecule has 29 nitrogen and oxygen atoms in total. The number of rotatable bonds is 44. The van der Waals surface area contributed by atoms with E-state index in [0.717, 1.165) is 0 Å². The highest BCUT2D eigenvalue weighted by Crippen LogP contribution is 2.04. The highest BCUT2D eigenvalue weighted by molar-refractivity contribution is 5.90. The summed E-state index contributed by atoms with van der Waals surface area (Å²) in [5.41, 5.74) is 25.0. The first kappa shape index (κ1) is 66.4. The van der Waals surface area contributed by atoms with Crippen molar-refractivity contribution in [3.05, 3.63) is 31.3 Å². The van der Waals surface area contributed by atoms with Crippen molar-refractivity contribution in [1.82, 2.24) is 39.6 Å². The highest BCUT2D eigenvalue weighted by atomic mass is 16.5. The van der Waals surface area contributed by atoms with Crippen molar-refractivity contribution in [2.75, 3.05) is 167 Å². The lowest BCUT2D eigenvalue weighted by molar-refractivity contribution is -0.140.